The topological polar surface area (TPSA) is 192 Å². The maximum absolute atomic E-state index is 11.5. The second-order valence-electron chi connectivity index (χ2n) is 9.49. The fourth-order valence-corrected chi connectivity index (χ4v) is 3.92. The van der Waals surface area contributed by atoms with E-state index in [0.717, 1.165) is 16.8 Å². The summed E-state index contributed by atoms with van der Waals surface area (Å²) in [5, 5.41) is 49.8. The van der Waals surface area contributed by atoms with E-state index < -0.39 is 43.4 Å². The number of carbonyl (C=O) groups is 1. The lowest BCUT2D eigenvalue weighted by Gasteiger charge is -2.39. The van der Waals surface area contributed by atoms with Crippen molar-refractivity contribution in [1.82, 2.24) is 15.5 Å². The summed E-state index contributed by atoms with van der Waals surface area (Å²) in [5.41, 5.74) is 8.06. The van der Waals surface area contributed by atoms with Gasteiger partial charge in [-0.05, 0) is 37.0 Å². The van der Waals surface area contributed by atoms with Crippen molar-refractivity contribution in [2.75, 3.05) is 19.8 Å². The Labute approximate surface area is 215 Å². The molecule has 3 rings (SSSR count). The van der Waals surface area contributed by atoms with Gasteiger partial charge in [-0.3, -0.25) is 9.89 Å². The molecule has 0 saturated carbocycles. The van der Waals surface area contributed by atoms with Crippen LogP contribution in [0, 0.1) is 0 Å². The van der Waals surface area contributed by atoms with E-state index in [9.17, 15) is 25.2 Å². The summed E-state index contributed by atoms with van der Waals surface area (Å²) in [7, 11) is 0. The molecule has 0 bridgehead atoms. The molecule has 1 saturated heterocycles. The number of hydrogen-bond donors (Lipinski definition) is 7. The molecule has 37 heavy (non-hydrogen) atoms. The predicted molar refractivity (Wildman–Crippen MR) is 133 cm³/mol. The van der Waals surface area contributed by atoms with Crippen LogP contribution < -0.4 is 20.5 Å². The molecule has 1 aromatic heterocycles. The van der Waals surface area contributed by atoms with E-state index in [4.69, 9.17) is 19.9 Å². The molecule has 0 unspecified atom stereocenters. The maximum Gasteiger partial charge on any atom is 0.238 e. The number of benzene rings is 1. The number of carbonyl (C=O) groups excluding carboxylic acids is 1. The monoisotopic (exact) mass is 522 g/mol. The first-order chi connectivity index (χ1) is 17.6. The van der Waals surface area contributed by atoms with E-state index in [1.165, 1.54) is 0 Å². The van der Waals surface area contributed by atoms with Crippen LogP contribution in [0.15, 0.2) is 24.3 Å². The largest absolute Gasteiger partial charge is 0.494 e. The van der Waals surface area contributed by atoms with Crippen molar-refractivity contribution in [1.29, 1.82) is 0 Å². The third-order valence-electron chi connectivity index (χ3n) is 6.12. The van der Waals surface area contributed by atoms with Crippen LogP contribution in [0.5, 0.6) is 11.6 Å². The van der Waals surface area contributed by atoms with Gasteiger partial charge in [0.15, 0.2) is 0 Å². The van der Waals surface area contributed by atoms with Gasteiger partial charge < -0.3 is 45.7 Å². The fourth-order valence-electron chi connectivity index (χ4n) is 3.92. The normalized spacial score (nSPS) is 24.6. The summed E-state index contributed by atoms with van der Waals surface area (Å²) < 4.78 is 17.0. The number of amides is 1. The lowest BCUT2D eigenvalue weighted by Crippen LogP contribution is -2.60. The molecule has 1 aromatic carbocycles. The second kappa shape index (κ2) is 13.2. The average molecular weight is 523 g/mol. The fraction of sp³-hybridized carbons (Fsp3) is 0.600. The van der Waals surface area contributed by atoms with Gasteiger partial charge in [0.2, 0.25) is 18.1 Å². The predicted octanol–water partition coefficient (Wildman–Crippen LogP) is -0.465. The molecule has 206 valence electrons. The molecule has 2 aromatic rings. The van der Waals surface area contributed by atoms with Crippen molar-refractivity contribution < 1.29 is 39.4 Å². The number of aromatic nitrogens is 2. The standard InChI is InChI=1S/C25H38N4O8/c1-13(2)19-17(24(29-28-19)37-25-22(33)21(32)20(31)18(12-30)36-25)11-15-5-7-16(8-6-15)35-10-4-9-27-23(34)14(3)26/h5-8,13-14,18,20-22,25,30-33H,4,9-12,26H2,1-3H3,(H,27,34)(H,28,29)/t14-,18+,20+,21-,22+,25-/m0/s1. The Hall–Kier alpha value is -2.74. The summed E-state index contributed by atoms with van der Waals surface area (Å²) in [6.07, 6.45) is -5.86. The van der Waals surface area contributed by atoms with Crippen LogP contribution in [0.3, 0.4) is 0 Å². The van der Waals surface area contributed by atoms with Crippen LogP contribution in [0.25, 0.3) is 0 Å². The molecular weight excluding hydrogens is 484 g/mol. The molecule has 1 fully saturated rings. The first-order valence-corrected chi connectivity index (χ1v) is 12.4. The third-order valence-corrected chi connectivity index (χ3v) is 6.12. The van der Waals surface area contributed by atoms with E-state index in [1.807, 2.05) is 38.1 Å². The van der Waals surface area contributed by atoms with Crippen LogP contribution in [0.4, 0.5) is 0 Å². The van der Waals surface area contributed by atoms with Gasteiger partial charge in [0.05, 0.1) is 19.3 Å². The number of ether oxygens (including phenoxy) is 3. The number of aromatic amines is 1. The van der Waals surface area contributed by atoms with Crippen LogP contribution in [-0.4, -0.2) is 93.0 Å². The highest BCUT2D eigenvalue weighted by Crippen LogP contribution is 2.31. The molecule has 12 heteroatoms. The summed E-state index contributed by atoms with van der Waals surface area (Å²) in [6, 6.07) is 7.00. The van der Waals surface area contributed by atoms with E-state index >= 15 is 0 Å². The smallest absolute Gasteiger partial charge is 0.238 e. The van der Waals surface area contributed by atoms with Gasteiger partial charge in [0, 0.05) is 24.2 Å². The Morgan fingerprint density at radius 1 is 1.16 bits per heavy atom. The maximum atomic E-state index is 11.5. The van der Waals surface area contributed by atoms with E-state index in [-0.39, 0.29) is 17.7 Å². The second-order valence-corrected chi connectivity index (χ2v) is 9.49. The lowest BCUT2D eigenvalue weighted by atomic mass is 9.98. The van der Waals surface area contributed by atoms with E-state index in [1.54, 1.807) is 6.92 Å². The zero-order valence-corrected chi connectivity index (χ0v) is 21.3. The quantitative estimate of drug-likeness (QED) is 0.179. The zero-order valence-electron chi connectivity index (χ0n) is 21.3. The molecule has 0 aliphatic carbocycles. The minimum absolute atomic E-state index is 0.0972. The average Bonchev–Trinajstić information content (AvgIpc) is 3.27. The molecule has 1 aliphatic heterocycles. The Balaban J connectivity index is 1.63. The molecule has 12 nitrogen and oxygen atoms in total. The Bertz CT molecular complexity index is 995. The number of aliphatic hydroxyl groups excluding tert-OH is 4. The van der Waals surface area contributed by atoms with Gasteiger partial charge in [-0.25, -0.2) is 0 Å². The first kappa shape index (κ1) is 28.8. The lowest BCUT2D eigenvalue weighted by molar-refractivity contribution is -0.278. The van der Waals surface area contributed by atoms with Crippen molar-refractivity contribution in [2.24, 2.45) is 5.73 Å². The highest BCUT2D eigenvalue weighted by Gasteiger charge is 2.45. The number of nitrogens with zero attached hydrogens (tertiary/aromatic N) is 1. The number of rotatable bonds is 12. The molecule has 1 amide bonds. The zero-order chi connectivity index (χ0) is 27.1. The molecule has 1 aliphatic rings. The van der Waals surface area contributed by atoms with Crippen molar-refractivity contribution in [3.05, 3.63) is 41.1 Å². The highest BCUT2D eigenvalue weighted by molar-refractivity contribution is 5.80. The molecule has 8 N–H and O–H groups in total. The number of nitrogens with one attached hydrogen (secondary N) is 2. The number of hydrogen-bond acceptors (Lipinski definition) is 10. The first-order valence-electron chi connectivity index (χ1n) is 12.4. The van der Waals surface area contributed by atoms with Crippen LogP contribution in [0.2, 0.25) is 0 Å². The Kier molecular flexibility index (Phi) is 10.3. The minimum Gasteiger partial charge on any atom is -0.494 e. The molecule has 2 heterocycles. The van der Waals surface area contributed by atoms with Gasteiger partial charge in [0.25, 0.3) is 0 Å². The van der Waals surface area contributed by atoms with Gasteiger partial charge in [-0.1, -0.05) is 26.0 Å². The summed E-state index contributed by atoms with van der Waals surface area (Å²) >= 11 is 0. The van der Waals surface area contributed by atoms with Crippen molar-refractivity contribution in [2.45, 2.75) is 76.3 Å². The van der Waals surface area contributed by atoms with Crippen LogP contribution in [0.1, 0.15) is 49.9 Å². The van der Waals surface area contributed by atoms with Crippen LogP contribution >= 0.6 is 0 Å². The molecular formula is C25H38N4O8. The Morgan fingerprint density at radius 3 is 2.49 bits per heavy atom. The molecule has 0 spiro atoms. The van der Waals surface area contributed by atoms with Gasteiger partial charge in [-0.2, -0.15) is 0 Å². The number of H-pyrrole nitrogens is 1. The van der Waals surface area contributed by atoms with Crippen LogP contribution in [-0.2, 0) is 16.0 Å². The summed E-state index contributed by atoms with van der Waals surface area (Å²) in [6.45, 7) is 6.00. The minimum atomic E-state index is -1.55. The summed E-state index contributed by atoms with van der Waals surface area (Å²) in [5.74, 6) is 0.790. The molecule has 0 radical (unpaired) electrons. The van der Waals surface area contributed by atoms with Crippen molar-refractivity contribution in [3.63, 3.8) is 0 Å². The van der Waals surface area contributed by atoms with E-state index in [0.29, 0.717) is 31.7 Å². The van der Waals surface area contributed by atoms with Crippen molar-refractivity contribution >= 4 is 5.91 Å². The Morgan fingerprint density at radius 2 is 1.86 bits per heavy atom. The van der Waals surface area contributed by atoms with E-state index in [2.05, 4.69) is 15.5 Å². The summed E-state index contributed by atoms with van der Waals surface area (Å²) in [4.78, 5) is 11.5. The highest BCUT2D eigenvalue weighted by atomic mass is 16.7. The van der Waals surface area contributed by atoms with Gasteiger partial charge in [0.1, 0.15) is 30.2 Å². The SMILES string of the molecule is CC(C)c1[nH]nc(O[C@@H]2O[C@H](CO)[C@@H](O)[C@H](O)[C@H]2O)c1Cc1ccc(OCCCNC(=O)[C@H](C)N)cc1. The number of nitrogens with two attached hydrogens (primary N) is 1. The third kappa shape index (κ3) is 7.40. The van der Waals surface area contributed by atoms with Gasteiger partial charge in [-0.15, -0.1) is 5.10 Å². The molecule has 6 atom stereocenters. The van der Waals surface area contributed by atoms with Gasteiger partial charge >= 0.3 is 0 Å². The number of aliphatic hydroxyl groups is 4. The van der Waals surface area contributed by atoms with Crippen molar-refractivity contribution in [3.8, 4) is 11.6 Å².